The van der Waals surface area contributed by atoms with Crippen molar-refractivity contribution in [2.75, 3.05) is 20.6 Å². The third-order valence-electron chi connectivity index (χ3n) is 5.14. The SMILES string of the molecule is Cc1cc(C)nc(NS(=O)(=O)c2ccc(NC(=O)[C@@H](C)N(c3cc(Cl)ccc3C)S(C)(=O)=O)cc2)n1. The van der Waals surface area contributed by atoms with Crippen molar-refractivity contribution in [1.29, 1.82) is 0 Å². The summed E-state index contributed by atoms with van der Waals surface area (Å²) >= 11 is 6.06. The lowest BCUT2D eigenvalue weighted by Crippen LogP contribution is -2.45. The van der Waals surface area contributed by atoms with Crippen LogP contribution in [0.25, 0.3) is 0 Å². The zero-order valence-electron chi connectivity index (χ0n) is 20.3. The first-order chi connectivity index (χ1) is 16.7. The molecule has 13 heteroatoms. The van der Waals surface area contributed by atoms with Gasteiger partial charge >= 0.3 is 0 Å². The monoisotopic (exact) mass is 551 g/mol. The largest absolute Gasteiger partial charge is 0.324 e. The molecule has 0 aliphatic carbocycles. The van der Waals surface area contributed by atoms with E-state index in [1.807, 2.05) is 0 Å². The minimum absolute atomic E-state index is 0.0455. The summed E-state index contributed by atoms with van der Waals surface area (Å²) in [7, 11) is -7.82. The normalized spacial score (nSPS) is 12.6. The first kappa shape index (κ1) is 27.4. The van der Waals surface area contributed by atoms with E-state index < -0.39 is 32.0 Å². The third-order valence-corrected chi connectivity index (χ3v) is 7.94. The van der Waals surface area contributed by atoms with Crippen LogP contribution in [0.2, 0.25) is 5.02 Å². The molecule has 10 nitrogen and oxygen atoms in total. The number of carbonyl (C=O) groups excluding carboxylic acids is 1. The van der Waals surface area contributed by atoms with Gasteiger partial charge in [-0.15, -0.1) is 0 Å². The van der Waals surface area contributed by atoms with Gasteiger partial charge in [-0.1, -0.05) is 17.7 Å². The second-order valence-electron chi connectivity index (χ2n) is 8.26. The number of aryl methyl sites for hydroxylation is 3. The van der Waals surface area contributed by atoms with Crippen molar-refractivity contribution in [2.45, 2.75) is 38.6 Å². The second-order valence-corrected chi connectivity index (χ2v) is 12.2. The summed E-state index contributed by atoms with van der Waals surface area (Å²) in [5, 5.41) is 2.95. The molecular weight excluding hydrogens is 526 g/mol. The summed E-state index contributed by atoms with van der Waals surface area (Å²) in [6.45, 7) is 6.61. The maximum Gasteiger partial charge on any atom is 0.264 e. The van der Waals surface area contributed by atoms with Crippen LogP contribution in [0.5, 0.6) is 0 Å². The molecule has 2 N–H and O–H groups in total. The Balaban J connectivity index is 1.80. The van der Waals surface area contributed by atoms with Crippen molar-refractivity contribution in [3.05, 3.63) is 70.5 Å². The molecule has 2 aromatic carbocycles. The number of nitrogens with one attached hydrogen (secondary N) is 2. The fraction of sp³-hybridized carbons (Fsp3) is 0.261. The number of halogens is 1. The van der Waals surface area contributed by atoms with Gasteiger partial charge in [-0.3, -0.25) is 9.10 Å². The van der Waals surface area contributed by atoms with E-state index in [9.17, 15) is 21.6 Å². The number of sulfonamides is 2. The van der Waals surface area contributed by atoms with E-state index in [0.717, 1.165) is 10.6 Å². The predicted molar refractivity (Wildman–Crippen MR) is 140 cm³/mol. The van der Waals surface area contributed by atoms with Gasteiger partial charge in [0, 0.05) is 22.1 Å². The molecule has 0 spiro atoms. The molecule has 192 valence electrons. The van der Waals surface area contributed by atoms with Crippen LogP contribution in [0.4, 0.5) is 17.3 Å². The fourth-order valence-corrected chi connectivity index (χ4v) is 5.85. The number of hydrogen-bond donors (Lipinski definition) is 2. The topological polar surface area (TPSA) is 138 Å². The summed E-state index contributed by atoms with van der Waals surface area (Å²) in [5.74, 6) is -0.659. The molecule has 36 heavy (non-hydrogen) atoms. The maximum absolute atomic E-state index is 13.0. The van der Waals surface area contributed by atoms with Gasteiger partial charge in [0.25, 0.3) is 10.0 Å². The lowest BCUT2D eigenvalue weighted by atomic mass is 10.1. The Morgan fingerprint density at radius 1 is 0.944 bits per heavy atom. The van der Waals surface area contributed by atoms with Gasteiger partial charge < -0.3 is 5.32 Å². The second kappa shape index (κ2) is 10.4. The van der Waals surface area contributed by atoms with Crippen LogP contribution in [0.15, 0.2) is 53.4 Å². The average Bonchev–Trinajstić information content (AvgIpc) is 2.74. The van der Waals surface area contributed by atoms with Crippen LogP contribution < -0.4 is 14.3 Å². The van der Waals surface area contributed by atoms with Crippen LogP contribution in [-0.4, -0.2) is 45.0 Å². The van der Waals surface area contributed by atoms with Gasteiger partial charge in [-0.25, -0.2) is 31.5 Å². The Bertz CT molecular complexity index is 1490. The molecule has 0 fully saturated rings. The molecule has 0 unspecified atom stereocenters. The van der Waals surface area contributed by atoms with Crippen molar-refractivity contribution >= 4 is 54.9 Å². The van der Waals surface area contributed by atoms with E-state index in [0.29, 0.717) is 22.0 Å². The molecular formula is C23H26ClN5O5S2. The lowest BCUT2D eigenvalue weighted by Gasteiger charge is -2.29. The molecule has 0 bridgehead atoms. The number of benzene rings is 2. The van der Waals surface area contributed by atoms with Crippen molar-refractivity contribution in [3.63, 3.8) is 0 Å². The van der Waals surface area contributed by atoms with Gasteiger partial charge in [0.2, 0.25) is 21.9 Å². The number of nitrogens with zero attached hydrogens (tertiary/aromatic N) is 3. The van der Waals surface area contributed by atoms with Crippen molar-refractivity contribution in [2.24, 2.45) is 0 Å². The minimum Gasteiger partial charge on any atom is -0.324 e. The van der Waals surface area contributed by atoms with Crippen molar-refractivity contribution in [1.82, 2.24) is 9.97 Å². The number of carbonyl (C=O) groups is 1. The van der Waals surface area contributed by atoms with E-state index in [4.69, 9.17) is 11.6 Å². The Morgan fingerprint density at radius 2 is 1.53 bits per heavy atom. The molecule has 3 rings (SSSR count). The molecule has 3 aromatic rings. The zero-order valence-corrected chi connectivity index (χ0v) is 22.7. The van der Waals surface area contributed by atoms with E-state index in [1.54, 1.807) is 39.0 Å². The van der Waals surface area contributed by atoms with E-state index in [1.165, 1.54) is 37.3 Å². The highest BCUT2D eigenvalue weighted by Crippen LogP contribution is 2.28. The molecule has 0 saturated heterocycles. The molecule has 1 atom stereocenters. The molecule has 0 aliphatic heterocycles. The quantitative estimate of drug-likeness (QED) is 0.435. The highest BCUT2D eigenvalue weighted by atomic mass is 35.5. The van der Waals surface area contributed by atoms with Crippen molar-refractivity contribution in [3.8, 4) is 0 Å². The summed E-state index contributed by atoms with van der Waals surface area (Å²) in [5.41, 5.74) is 2.42. The van der Waals surface area contributed by atoms with Crippen LogP contribution in [0.1, 0.15) is 23.9 Å². The lowest BCUT2D eigenvalue weighted by molar-refractivity contribution is -0.116. The molecule has 1 amide bonds. The zero-order chi connectivity index (χ0) is 26.8. The fourth-order valence-electron chi connectivity index (χ4n) is 3.52. The van der Waals surface area contributed by atoms with Gasteiger partial charge in [0.15, 0.2) is 0 Å². The number of rotatable bonds is 8. The highest BCUT2D eigenvalue weighted by molar-refractivity contribution is 7.92. The minimum atomic E-state index is -3.97. The smallest absolute Gasteiger partial charge is 0.264 e. The maximum atomic E-state index is 13.0. The van der Waals surface area contributed by atoms with Crippen LogP contribution >= 0.6 is 11.6 Å². The Labute approximate surface area is 215 Å². The first-order valence-electron chi connectivity index (χ1n) is 10.7. The van der Waals surface area contributed by atoms with Crippen LogP contribution in [-0.2, 0) is 24.8 Å². The van der Waals surface area contributed by atoms with Gasteiger partial charge in [0.05, 0.1) is 16.8 Å². The summed E-state index contributed by atoms with van der Waals surface area (Å²) in [6.07, 6.45) is 1.00. The Hall–Kier alpha value is -3.22. The summed E-state index contributed by atoms with van der Waals surface area (Å²) < 4.78 is 53.9. The molecule has 0 aliphatic rings. The third kappa shape index (κ3) is 6.50. The molecule has 1 heterocycles. The van der Waals surface area contributed by atoms with Gasteiger partial charge in [-0.2, -0.15) is 0 Å². The molecule has 0 radical (unpaired) electrons. The molecule has 1 aromatic heterocycles. The number of anilines is 3. The number of amides is 1. The average molecular weight is 552 g/mol. The predicted octanol–water partition coefficient (Wildman–Crippen LogP) is 3.65. The Kier molecular flexibility index (Phi) is 7.91. The molecule has 0 saturated carbocycles. The van der Waals surface area contributed by atoms with E-state index in [-0.39, 0.29) is 22.2 Å². The van der Waals surface area contributed by atoms with Gasteiger partial charge in [0.1, 0.15) is 6.04 Å². The van der Waals surface area contributed by atoms with Crippen molar-refractivity contribution < 1.29 is 21.6 Å². The van der Waals surface area contributed by atoms with Gasteiger partial charge in [-0.05, 0) is 75.7 Å². The number of hydrogen-bond acceptors (Lipinski definition) is 7. The first-order valence-corrected chi connectivity index (χ1v) is 14.4. The number of aromatic nitrogens is 2. The van der Waals surface area contributed by atoms with E-state index in [2.05, 4.69) is 20.0 Å². The van der Waals surface area contributed by atoms with Crippen LogP contribution in [0.3, 0.4) is 0 Å². The highest BCUT2D eigenvalue weighted by Gasteiger charge is 2.30. The van der Waals surface area contributed by atoms with E-state index >= 15 is 0 Å². The summed E-state index contributed by atoms with van der Waals surface area (Å²) in [4.78, 5) is 21.0. The summed E-state index contributed by atoms with van der Waals surface area (Å²) in [6, 6.07) is 10.8. The Morgan fingerprint density at radius 3 is 2.08 bits per heavy atom. The van der Waals surface area contributed by atoms with Crippen LogP contribution in [0, 0.1) is 20.8 Å². The standard InChI is InChI=1S/C23H26ClN5O5S2/c1-14-6-7-18(24)13-21(14)29(35(5,31)32)17(4)22(30)27-19-8-10-20(11-9-19)36(33,34)28-23-25-15(2)12-16(3)26-23/h6-13,17H,1-5H3,(H,27,30)(H,25,26,28)/t17-/m1/s1.